The van der Waals surface area contributed by atoms with Crippen molar-refractivity contribution in [3.8, 4) is 11.3 Å². The lowest BCUT2D eigenvalue weighted by Gasteiger charge is -1.95. The Balaban J connectivity index is 2.33. The zero-order chi connectivity index (χ0) is 11.0. The van der Waals surface area contributed by atoms with Gasteiger partial charge >= 0.3 is 0 Å². The van der Waals surface area contributed by atoms with Crippen LogP contribution in [0.3, 0.4) is 0 Å². The van der Waals surface area contributed by atoms with Crippen LogP contribution in [0.15, 0.2) is 42.7 Å². The lowest BCUT2D eigenvalue weighted by Crippen LogP contribution is -1.89. The van der Waals surface area contributed by atoms with E-state index in [0.717, 1.165) is 22.2 Å². The van der Waals surface area contributed by atoms with Crippen molar-refractivity contribution in [1.82, 2.24) is 14.8 Å². The van der Waals surface area contributed by atoms with Crippen molar-refractivity contribution in [3.05, 3.63) is 48.8 Å². The molecule has 0 saturated heterocycles. The van der Waals surface area contributed by atoms with Crippen molar-refractivity contribution in [1.29, 1.82) is 0 Å². The maximum Gasteiger partial charge on any atom is 0.100 e. The Kier molecular flexibility index (Phi) is 1.96. The Morgan fingerprint density at radius 3 is 2.81 bits per heavy atom. The van der Waals surface area contributed by atoms with Gasteiger partial charge in [-0.1, -0.05) is 6.07 Å². The summed E-state index contributed by atoms with van der Waals surface area (Å²) in [6, 6.07) is 12.9. The molecule has 16 heavy (non-hydrogen) atoms. The van der Waals surface area contributed by atoms with Crippen LogP contribution in [-0.2, 0) is 7.05 Å². The van der Waals surface area contributed by atoms with Crippen LogP contribution in [0.1, 0.15) is 0 Å². The van der Waals surface area contributed by atoms with Gasteiger partial charge in [0.1, 0.15) is 5.69 Å². The summed E-state index contributed by atoms with van der Waals surface area (Å²) in [5.74, 6) is 0. The zero-order valence-electron chi connectivity index (χ0n) is 8.88. The van der Waals surface area contributed by atoms with Gasteiger partial charge in [0.05, 0.1) is 5.52 Å². The molecule has 0 aliphatic carbocycles. The third-order valence-electron chi connectivity index (χ3n) is 2.65. The van der Waals surface area contributed by atoms with Gasteiger partial charge in [-0.05, 0) is 30.3 Å². The van der Waals surface area contributed by atoms with Gasteiger partial charge < -0.3 is 0 Å². The highest BCUT2D eigenvalue weighted by Gasteiger charge is 2.08. The van der Waals surface area contributed by atoms with Crippen LogP contribution in [0, 0.1) is 6.07 Å². The third-order valence-corrected chi connectivity index (χ3v) is 2.65. The summed E-state index contributed by atoms with van der Waals surface area (Å²) < 4.78 is 1.88. The van der Waals surface area contributed by atoms with Crippen molar-refractivity contribution in [2.24, 2.45) is 7.05 Å². The first kappa shape index (κ1) is 9.09. The molecular formula is C13H10N3. The molecule has 2 heterocycles. The molecule has 1 aromatic carbocycles. The summed E-state index contributed by atoms with van der Waals surface area (Å²) in [4.78, 5) is 4.02. The molecule has 1 radical (unpaired) electrons. The van der Waals surface area contributed by atoms with E-state index in [1.54, 1.807) is 12.4 Å². The smallest absolute Gasteiger partial charge is 0.100 e. The van der Waals surface area contributed by atoms with E-state index in [-0.39, 0.29) is 0 Å². The molecule has 3 nitrogen and oxygen atoms in total. The predicted octanol–water partition coefficient (Wildman–Crippen LogP) is 2.44. The highest BCUT2D eigenvalue weighted by atomic mass is 15.3. The largest absolute Gasteiger partial charge is 0.267 e. The molecular weight excluding hydrogens is 198 g/mol. The van der Waals surface area contributed by atoms with Gasteiger partial charge in [-0.3, -0.25) is 9.67 Å². The van der Waals surface area contributed by atoms with E-state index in [2.05, 4.69) is 16.1 Å². The number of fused-ring (bicyclic) bond motifs is 1. The fourth-order valence-electron chi connectivity index (χ4n) is 1.87. The number of benzene rings is 1. The summed E-state index contributed by atoms with van der Waals surface area (Å²) in [5, 5.41) is 5.67. The van der Waals surface area contributed by atoms with Crippen LogP contribution in [0.4, 0.5) is 0 Å². The van der Waals surface area contributed by atoms with E-state index in [9.17, 15) is 0 Å². The zero-order valence-corrected chi connectivity index (χ0v) is 8.88. The molecule has 3 rings (SSSR count). The van der Waals surface area contributed by atoms with E-state index < -0.39 is 0 Å². The first-order valence-electron chi connectivity index (χ1n) is 5.09. The van der Waals surface area contributed by atoms with Gasteiger partial charge in [-0.2, -0.15) is 5.10 Å². The Bertz CT molecular complexity index is 626. The Morgan fingerprint density at radius 1 is 1.19 bits per heavy atom. The van der Waals surface area contributed by atoms with E-state index in [1.165, 1.54) is 0 Å². The van der Waals surface area contributed by atoms with Gasteiger partial charge in [-0.25, -0.2) is 0 Å². The fraction of sp³-hybridized carbons (Fsp3) is 0.0769. The molecule has 0 aliphatic rings. The minimum Gasteiger partial charge on any atom is -0.267 e. The van der Waals surface area contributed by atoms with Crippen molar-refractivity contribution in [2.75, 3.05) is 0 Å². The van der Waals surface area contributed by atoms with Crippen LogP contribution in [0.2, 0.25) is 0 Å². The number of pyridine rings is 1. The minimum absolute atomic E-state index is 0.994. The number of nitrogens with zero attached hydrogens (tertiary/aromatic N) is 3. The van der Waals surface area contributed by atoms with E-state index in [0.29, 0.717) is 0 Å². The van der Waals surface area contributed by atoms with Gasteiger partial charge in [0.15, 0.2) is 0 Å². The highest BCUT2D eigenvalue weighted by Crippen LogP contribution is 2.26. The number of rotatable bonds is 1. The molecule has 3 heteroatoms. The normalized spacial score (nSPS) is 10.8. The summed E-state index contributed by atoms with van der Waals surface area (Å²) in [7, 11) is 1.95. The molecule has 0 saturated carbocycles. The van der Waals surface area contributed by atoms with Crippen LogP contribution in [-0.4, -0.2) is 14.8 Å². The third kappa shape index (κ3) is 1.29. The highest BCUT2D eigenvalue weighted by molar-refractivity contribution is 5.92. The Hall–Kier alpha value is -2.16. The Morgan fingerprint density at radius 2 is 2.00 bits per heavy atom. The van der Waals surface area contributed by atoms with Gasteiger partial charge in [-0.15, -0.1) is 0 Å². The topological polar surface area (TPSA) is 30.7 Å². The monoisotopic (exact) mass is 208 g/mol. The molecule has 0 bridgehead atoms. The first-order valence-corrected chi connectivity index (χ1v) is 5.09. The van der Waals surface area contributed by atoms with Gasteiger partial charge in [0.2, 0.25) is 0 Å². The number of aromatic nitrogens is 3. The van der Waals surface area contributed by atoms with E-state index >= 15 is 0 Å². The molecule has 0 amide bonds. The predicted molar refractivity (Wildman–Crippen MR) is 62.8 cm³/mol. The van der Waals surface area contributed by atoms with E-state index in [1.807, 2.05) is 42.1 Å². The van der Waals surface area contributed by atoms with Gasteiger partial charge in [0.25, 0.3) is 0 Å². The average Bonchev–Trinajstić information content (AvgIpc) is 2.69. The lowest BCUT2D eigenvalue weighted by atomic mass is 10.1. The Labute approximate surface area is 93.4 Å². The van der Waals surface area contributed by atoms with Crippen LogP contribution < -0.4 is 0 Å². The van der Waals surface area contributed by atoms with Crippen molar-refractivity contribution >= 4 is 10.9 Å². The molecule has 77 valence electrons. The number of aryl methyl sites for hydroxylation is 1. The van der Waals surface area contributed by atoms with Crippen LogP contribution >= 0.6 is 0 Å². The lowest BCUT2D eigenvalue weighted by molar-refractivity contribution is 0.800. The molecule has 3 aromatic rings. The number of hydrogen-bond acceptors (Lipinski definition) is 2. The van der Waals surface area contributed by atoms with Crippen molar-refractivity contribution in [3.63, 3.8) is 0 Å². The van der Waals surface area contributed by atoms with Crippen LogP contribution in [0.25, 0.3) is 22.2 Å². The van der Waals surface area contributed by atoms with Gasteiger partial charge in [0, 0.05) is 30.4 Å². The maximum absolute atomic E-state index is 4.53. The second-order valence-corrected chi connectivity index (χ2v) is 3.65. The molecule has 0 N–H and O–H groups in total. The minimum atomic E-state index is 0.994. The molecule has 0 unspecified atom stereocenters. The van der Waals surface area contributed by atoms with Crippen molar-refractivity contribution < 1.29 is 0 Å². The molecule has 0 aliphatic heterocycles. The first-order chi connectivity index (χ1) is 7.86. The van der Waals surface area contributed by atoms with E-state index in [4.69, 9.17) is 0 Å². The van der Waals surface area contributed by atoms with Crippen molar-refractivity contribution in [2.45, 2.75) is 0 Å². The SMILES string of the molecule is Cn1nc(-c2ccncc2)c2cc[c]cc21. The standard InChI is InChI=1S/C13H10N3/c1-16-12-5-3-2-4-11(12)13(15-16)10-6-8-14-9-7-10/h2,4-9H,1H3. The molecule has 0 atom stereocenters. The fourth-order valence-corrected chi connectivity index (χ4v) is 1.87. The quantitative estimate of drug-likeness (QED) is 0.615. The second-order valence-electron chi connectivity index (χ2n) is 3.65. The molecule has 0 fully saturated rings. The summed E-state index contributed by atoms with van der Waals surface area (Å²) in [6.45, 7) is 0. The van der Waals surface area contributed by atoms with Crippen LogP contribution in [0.5, 0.6) is 0 Å². The second kappa shape index (κ2) is 3.45. The molecule has 2 aromatic heterocycles. The number of hydrogen-bond donors (Lipinski definition) is 0. The summed E-state index contributed by atoms with van der Waals surface area (Å²) >= 11 is 0. The summed E-state index contributed by atoms with van der Waals surface area (Å²) in [6.07, 6.45) is 3.57. The maximum atomic E-state index is 4.53. The summed E-state index contributed by atoms with van der Waals surface area (Å²) in [5.41, 5.74) is 3.18. The molecule has 0 spiro atoms. The average molecular weight is 208 g/mol.